The fraction of sp³-hybridized carbons (Fsp3) is 0.522. The van der Waals surface area contributed by atoms with E-state index in [1.54, 1.807) is 0 Å². The van der Waals surface area contributed by atoms with Gasteiger partial charge in [0.2, 0.25) is 0 Å². The number of hydrogen-bond donors (Lipinski definition) is 1. The smallest absolute Gasteiger partial charge is 0.0705 e. The molecule has 2 heteroatoms. The Labute approximate surface area is 154 Å². The summed E-state index contributed by atoms with van der Waals surface area (Å²) < 4.78 is 0. The Morgan fingerprint density at radius 3 is 2.40 bits per heavy atom. The van der Waals surface area contributed by atoms with Crippen molar-refractivity contribution in [3.63, 3.8) is 0 Å². The van der Waals surface area contributed by atoms with Crippen molar-refractivity contribution in [3.05, 3.63) is 54.2 Å². The molecular formula is C23H36N2. The zero-order valence-electron chi connectivity index (χ0n) is 16.8. The van der Waals surface area contributed by atoms with Gasteiger partial charge < -0.3 is 5.73 Å². The molecule has 0 amide bonds. The van der Waals surface area contributed by atoms with Crippen molar-refractivity contribution in [2.75, 3.05) is 0 Å². The quantitative estimate of drug-likeness (QED) is 0.605. The molecule has 3 atom stereocenters. The maximum absolute atomic E-state index is 6.19. The minimum Gasteiger partial charge on any atom is -0.327 e. The number of rotatable bonds is 7. The average Bonchev–Trinajstić information content (AvgIpc) is 2.66. The predicted octanol–water partition coefficient (Wildman–Crippen LogP) is 6.25. The zero-order chi connectivity index (χ0) is 18.8. The lowest BCUT2D eigenvalue weighted by molar-refractivity contribution is 0.554. The van der Waals surface area contributed by atoms with Crippen LogP contribution in [0.1, 0.15) is 70.9 Å². The third-order valence-electron chi connectivity index (χ3n) is 5.00. The predicted molar refractivity (Wildman–Crippen MR) is 112 cm³/mol. The highest BCUT2D eigenvalue weighted by Gasteiger charge is 2.15. The van der Waals surface area contributed by atoms with Crippen molar-refractivity contribution in [1.82, 2.24) is 4.98 Å². The average molecular weight is 341 g/mol. The van der Waals surface area contributed by atoms with Crippen LogP contribution in [0.5, 0.6) is 0 Å². The van der Waals surface area contributed by atoms with Gasteiger partial charge in [-0.3, -0.25) is 4.98 Å². The van der Waals surface area contributed by atoms with Gasteiger partial charge in [0.05, 0.1) is 5.52 Å². The standard InChI is InChI=1S/C16H22N2.C7H14/c1-4-12-6-7-16-14(10-12)13(8-9-18-16)11(3)15(17)5-2;1-4-6-7(3)5-2/h6-11,15H,4-5,17H2,1-3H3;5,7H,2,4,6H2,1,3H3. The number of pyridine rings is 1. The lowest BCUT2D eigenvalue weighted by Crippen LogP contribution is -2.25. The summed E-state index contributed by atoms with van der Waals surface area (Å²) >= 11 is 0. The van der Waals surface area contributed by atoms with E-state index in [1.807, 2.05) is 12.3 Å². The van der Waals surface area contributed by atoms with Crippen LogP contribution in [-0.4, -0.2) is 11.0 Å². The molecule has 1 aromatic heterocycles. The second kappa shape index (κ2) is 11.0. The number of nitrogens with two attached hydrogens (primary N) is 1. The van der Waals surface area contributed by atoms with E-state index < -0.39 is 0 Å². The number of hydrogen-bond acceptors (Lipinski definition) is 2. The molecule has 0 radical (unpaired) electrons. The van der Waals surface area contributed by atoms with Crippen LogP contribution in [0.2, 0.25) is 0 Å². The van der Waals surface area contributed by atoms with E-state index >= 15 is 0 Å². The van der Waals surface area contributed by atoms with Gasteiger partial charge >= 0.3 is 0 Å². The van der Waals surface area contributed by atoms with Crippen LogP contribution in [0.15, 0.2) is 43.1 Å². The Kier molecular flexibility index (Phi) is 9.44. The van der Waals surface area contributed by atoms with Crippen LogP contribution in [-0.2, 0) is 6.42 Å². The minimum absolute atomic E-state index is 0.209. The molecule has 0 aliphatic rings. The van der Waals surface area contributed by atoms with Crippen molar-refractivity contribution < 1.29 is 0 Å². The third kappa shape index (κ3) is 6.28. The van der Waals surface area contributed by atoms with Crippen molar-refractivity contribution in [2.45, 2.75) is 72.3 Å². The molecule has 2 N–H and O–H groups in total. The Bertz CT molecular complexity index is 648. The largest absolute Gasteiger partial charge is 0.327 e. The van der Waals surface area contributed by atoms with Gasteiger partial charge in [0.25, 0.3) is 0 Å². The van der Waals surface area contributed by atoms with Crippen LogP contribution in [0.4, 0.5) is 0 Å². The molecule has 3 unspecified atom stereocenters. The molecule has 0 aliphatic carbocycles. The number of aromatic nitrogens is 1. The summed E-state index contributed by atoms with van der Waals surface area (Å²) in [6.45, 7) is 14.6. The molecular weight excluding hydrogens is 304 g/mol. The summed E-state index contributed by atoms with van der Waals surface area (Å²) in [5.74, 6) is 1.08. The number of aryl methyl sites for hydroxylation is 1. The molecule has 1 aromatic carbocycles. The van der Waals surface area contributed by atoms with E-state index in [9.17, 15) is 0 Å². The Morgan fingerprint density at radius 2 is 1.88 bits per heavy atom. The van der Waals surface area contributed by atoms with Crippen LogP contribution < -0.4 is 5.73 Å². The molecule has 0 saturated heterocycles. The summed E-state index contributed by atoms with van der Waals surface area (Å²) in [4.78, 5) is 4.44. The molecule has 0 fully saturated rings. The second-order valence-corrected chi connectivity index (χ2v) is 6.97. The number of fused-ring (bicyclic) bond motifs is 1. The molecule has 0 saturated carbocycles. The zero-order valence-corrected chi connectivity index (χ0v) is 16.8. The highest BCUT2D eigenvalue weighted by molar-refractivity contribution is 5.83. The van der Waals surface area contributed by atoms with Crippen LogP contribution in [0, 0.1) is 5.92 Å². The van der Waals surface area contributed by atoms with Crippen LogP contribution in [0.3, 0.4) is 0 Å². The van der Waals surface area contributed by atoms with Gasteiger partial charge in [-0.25, -0.2) is 0 Å². The molecule has 0 bridgehead atoms. The van der Waals surface area contributed by atoms with Gasteiger partial charge in [-0.1, -0.05) is 53.2 Å². The van der Waals surface area contributed by atoms with Crippen molar-refractivity contribution in [3.8, 4) is 0 Å². The van der Waals surface area contributed by atoms with Gasteiger partial charge in [-0.2, -0.15) is 0 Å². The molecule has 0 spiro atoms. The summed E-state index contributed by atoms with van der Waals surface area (Å²) in [7, 11) is 0. The van der Waals surface area contributed by atoms with Gasteiger partial charge in [-0.05, 0) is 60.4 Å². The Hall–Kier alpha value is -1.67. The monoisotopic (exact) mass is 340 g/mol. The summed E-state index contributed by atoms with van der Waals surface area (Å²) in [6.07, 6.45) is 8.50. The lowest BCUT2D eigenvalue weighted by atomic mass is 9.89. The van der Waals surface area contributed by atoms with Crippen molar-refractivity contribution in [1.29, 1.82) is 0 Å². The minimum atomic E-state index is 0.209. The molecule has 2 rings (SSSR count). The van der Waals surface area contributed by atoms with Gasteiger partial charge in [-0.15, -0.1) is 6.58 Å². The highest BCUT2D eigenvalue weighted by Crippen LogP contribution is 2.27. The molecule has 2 nitrogen and oxygen atoms in total. The van der Waals surface area contributed by atoms with Gasteiger partial charge in [0.15, 0.2) is 0 Å². The SMILES string of the molecule is C=CC(C)CCC.CCc1ccc2nccc(C(C)C(N)CC)c2c1. The summed E-state index contributed by atoms with van der Waals surface area (Å²) in [5, 5.41) is 1.26. The van der Waals surface area contributed by atoms with Gasteiger partial charge in [0.1, 0.15) is 0 Å². The Morgan fingerprint density at radius 1 is 1.16 bits per heavy atom. The second-order valence-electron chi connectivity index (χ2n) is 6.97. The fourth-order valence-electron chi connectivity index (χ4n) is 2.99. The van der Waals surface area contributed by atoms with E-state index in [-0.39, 0.29) is 6.04 Å². The third-order valence-corrected chi connectivity index (χ3v) is 5.00. The van der Waals surface area contributed by atoms with E-state index in [2.05, 4.69) is 70.4 Å². The highest BCUT2D eigenvalue weighted by atomic mass is 14.7. The Balaban J connectivity index is 0.000000381. The topological polar surface area (TPSA) is 38.9 Å². The molecule has 0 aliphatic heterocycles. The maximum atomic E-state index is 6.19. The van der Waals surface area contributed by atoms with Crippen LogP contribution >= 0.6 is 0 Å². The summed E-state index contributed by atoms with van der Waals surface area (Å²) in [5.41, 5.74) is 9.94. The first-order chi connectivity index (χ1) is 12.0. The molecule has 138 valence electrons. The van der Waals surface area contributed by atoms with Crippen molar-refractivity contribution in [2.24, 2.45) is 11.7 Å². The number of nitrogens with zero attached hydrogens (tertiary/aromatic N) is 1. The van der Waals surface area contributed by atoms with Crippen LogP contribution in [0.25, 0.3) is 10.9 Å². The molecule has 25 heavy (non-hydrogen) atoms. The van der Waals surface area contributed by atoms with E-state index in [0.29, 0.717) is 11.8 Å². The molecule has 2 aromatic rings. The lowest BCUT2D eigenvalue weighted by Gasteiger charge is -2.20. The maximum Gasteiger partial charge on any atom is 0.0705 e. The van der Waals surface area contributed by atoms with E-state index in [4.69, 9.17) is 5.73 Å². The van der Waals surface area contributed by atoms with Crippen molar-refractivity contribution >= 4 is 10.9 Å². The first kappa shape index (κ1) is 21.4. The first-order valence-electron chi connectivity index (χ1n) is 9.73. The normalized spacial score (nSPS) is 14.3. The van der Waals surface area contributed by atoms with Gasteiger partial charge in [0, 0.05) is 17.6 Å². The summed E-state index contributed by atoms with van der Waals surface area (Å²) in [6, 6.07) is 8.85. The van der Waals surface area contributed by atoms with E-state index in [0.717, 1.165) is 18.4 Å². The van der Waals surface area contributed by atoms with E-state index in [1.165, 1.54) is 29.4 Å². The number of benzene rings is 1. The fourth-order valence-corrected chi connectivity index (χ4v) is 2.99. The first-order valence-corrected chi connectivity index (χ1v) is 9.73. The number of allylic oxidation sites excluding steroid dienone is 1. The molecule has 1 heterocycles.